The van der Waals surface area contributed by atoms with Gasteiger partial charge in [0.05, 0.1) is 0 Å². The number of nitrogens with one attached hydrogen (secondary N) is 1. The normalized spacial score (nSPS) is 19.1. The second-order valence-electron chi connectivity index (χ2n) is 13.3. The van der Waals surface area contributed by atoms with E-state index >= 15 is 0 Å². The van der Waals surface area contributed by atoms with E-state index in [2.05, 4.69) is 84.8 Å². The van der Waals surface area contributed by atoms with E-state index in [-0.39, 0.29) is 0 Å². The van der Waals surface area contributed by atoms with Crippen LogP contribution >= 0.6 is 0 Å². The highest BCUT2D eigenvalue weighted by Crippen LogP contribution is 2.33. The Morgan fingerprint density at radius 2 is 1.32 bits per heavy atom. The SMILES string of the molecule is C=CC1CC(N(CCC)CC2CCNCC2)C1.C=CCCC.CCCC(C)CC.CCCCCC(C)CCCCC. The van der Waals surface area contributed by atoms with Gasteiger partial charge in [0.2, 0.25) is 0 Å². The number of allylic oxidation sites excluding steroid dienone is 2. The van der Waals surface area contributed by atoms with Crippen molar-refractivity contribution in [2.45, 2.75) is 177 Å². The maximum atomic E-state index is 3.91. The summed E-state index contributed by atoms with van der Waals surface area (Å²) in [5.74, 6) is 3.66. The van der Waals surface area contributed by atoms with Crippen LogP contribution in [0.1, 0.15) is 171 Å². The molecular formula is C39H80N2. The quantitative estimate of drug-likeness (QED) is 0.121. The molecule has 1 unspecified atom stereocenters. The van der Waals surface area contributed by atoms with Crippen molar-refractivity contribution in [1.82, 2.24) is 10.2 Å². The molecule has 2 nitrogen and oxygen atoms in total. The molecule has 1 saturated carbocycles. The zero-order chi connectivity index (χ0) is 31.1. The largest absolute Gasteiger partial charge is 0.317 e. The third kappa shape index (κ3) is 26.7. The molecule has 2 heteroatoms. The second kappa shape index (κ2) is 32.3. The Labute approximate surface area is 262 Å². The molecule has 1 heterocycles. The topological polar surface area (TPSA) is 15.3 Å². The fraction of sp³-hybridized carbons (Fsp3) is 0.897. The van der Waals surface area contributed by atoms with Crippen molar-refractivity contribution in [2.24, 2.45) is 23.7 Å². The van der Waals surface area contributed by atoms with Crippen LogP contribution < -0.4 is 5.32 Å². The fourth-order valence-corrected chi connectivity index (χ4v) is 5.76. The van der Waals surface area contributed by atoms with Crippen molar-refractivity contribution in [1.29, 1.82) is 0 Å². The average molecular weight is 577 g/mol. The molecule has 0 amide bonds. The summed E-state index contributed by atoms with van der Waals surface area (Å²) in [7, 11) is 0. The van der Waals surface area contributed by atoms with E-state index in [0.717, 1.165) is 36.1 Å². The molecule has 0 spiro atoms. The van der Waals surface area contributed by atoms with Crippen LogP contribution in [0.2, 0.25) is 0 Å². The fourth-order valence-electron chi connectivity index (χ4n) is 5.76. The third-order valence-corrected chi connectivity index (χ3v) is 9.03. The molecule has 1 saturated heterocycles. The van der Waals surface area contributed by atoms with Crippen molar-refractivity contribution >= 4 is 0 Å². The van der Waals surface area contributed by atoms with Crippen LogP contribution in [0.25, 0.3) is 0 Å². The van der Waals surface area contributed by atoms with Crippen molar-refractivity contribution in [3.05, 3.63) is 25.3 Å². The minimum Gasteiger partial charge on any atom is -0.317 e. The molecule has 0 radical (unpaired) electrons. The lowest BCUT2D eigenvalue weighted by Crippen LogP contribution is -2.47. The van der Waals surface area contributed by atoms with Gasteiger partial charge >= 0.3 is 0 Å². The van der Waals surface area contributed by atoms with Gasteiger partial charge in [-0.25, -0.2) is 0 Å². The average Bonchev–Trinajstić information content (AvgIpc) is 2.95. The Bertz CT molecular complexity index is 508. The highest BCUT2D eigenvalue weighted by Gasteiger charge is 2.32. The summed E-state index contributed by atoms with van der Waals surface area (Å²) >= 11 is 0. The zero-order valence-electron chi connectivity index (χ0n) is 30.0. The van der Waals surface area contributed by atoms with E-state index in [1.165, 1.54) is 135 Å². The van der Waals surface area contributed by atoms with Crippen LogP contribution in [0.5, 0.6) is 0 Å². The predicted octanol–water partition coefficient (Wildman–Crippen LogP) is 12.3. The molecule has 1 N–H and O–H groups in total. The number of hydrogen-bond donors (Lipinski definition) is 1. The number of piperidine rings is 1. The molecule has 2 aliphatic rings. The van der Waals surface area contributed by atoms with Gasteiger partial charge in [-0.05, 0) is 81.8 Å². The Balaban J connectivity index is 0. The van der Waals surface area contributed by atoms with Crippen molar-refractivity contribution in [3.8, 4) is 0 Å². The van der Waals surface area contributed by atoms with E-state index in [1.807, 2.05) is 6.08 Å². The Morgan fingerprint density at radius 1 is 0.732 bits per heavy atom. The van der Waals surface area contributed by atoms with Crippen LogP contribution in [-0.2, 0) is 0 Å². The van der Waals surface area contributed by atoms with E-state index < -0.39 is 0 Å². The van der Waals surface area contributed by atoms with Crippen LogP contribution in [-0.4, -0.2) is 37.1 Å². The van der Waals surface area contributed by atoms with Gasteiger partial charge in [-0.15, -0.1) is 13.2 Å². The maximum Gasteiger partial charge on any atom is 0.0107 e. The lowest BCUT2D eigenvalue weighted by atomic mass is 9.79. The minimum atomic E-state index is 0.798. The molecule has 41 heavy (non-hydrogen) atoms. The lowest BCUT2D eigenvalue weighted by Gasteiger charge is -2.43. The summed E-state index contributed by atoms with van der Waals surface area (Å²) in [6, 6.07) is 0.854. The summed E-state index contributed by atoms with van der Waals surface area (Å²) in [5, 5.41) is 3.46. The van der Waals surface area contributed by atoms with Gasteiger partial charge in [-0.1, -0.05) is 145 Å². The zero-order valence-corrected chi connectivity index (χ0v) is 30.0. The van der Waals surface area contributed by atoms with Crippen molar-refractivity contribution in [3.63, 3.8) is 0 Å². The molecule has 0 bridgehead atoms. The molecule has 1 aliphatic heterocycles. The summed E-state index contributed by atoms with van der Waals surface area (Å²) in [6.45, 7) is 30.8. The second-order valence-corrected chi connectivity index (χ2v) is 13.3. The summed E-state index contributed by atoms with van der Waals surface area (Å²) in [4.78, 5) is 2.76. The van der Waals surface area contributed by atoms with Crippen LogP contribution in [0.3, 0.4) is 0 Å². The first-order valence-corrected chi connectivity index (χ1v) is 18.5. The minimum absolute atomic E-state index is 0.798. The van der Waals surface area contributed by atoms with Crippen LogP contribution in [0.4, 0.5) is 0 Å². The standard InChI is InChI=1S/C15H28N2.C12H26.C7H16.C5H10/c1-3-9-17(15-10-13(4-2)11-15)12-14-5-7-16-8-6-14;1-4-6-8-10-12(3)11-9-7-5-2;1-4-6-7(3)5-2;1-3-5-4-2/h4,13-16H,2-3,5-12H2,1H3;12H,4-11H2,1-3H3;7H,4-6H2,1-3H3;3H,1,4-5H2,2H3. The van der Waals surface area contributed by atoms with Gasteiger partial charge in [0, 0.05) is 12.6 Å². The van der Waals surface area contributed by atoms with E-state index in [1.54, 1.807) is 0 Å². The molecule has 2 rings (SSSR count). The van der Waals surface area contributed by atoms with Gasteiger partial charge in [0.15, 0.2) is 0 Å². The smallest absolute Gasteiger partial charge is 0.0107 e. The Hall–Kier alpha value is -0.600. The van der Waals surface area contributed by atoms with Gasteiger partial charge in [0.25, 0.3) is 0 Å². The van der Waals surface area contributed by atoms with Gasteiger partial charge < -0.3 is 10.2 Å². The molecule has 1 atom stereocenters. The third-order valence-electron chi connectivity index (χ3n) is 9.03. The molecule has 246 valence electrons. The Morgan fingerprint density at radius 3 is 1.68 bits per heavy atom. The highest BCUT2D eigenvalue weighted by atomic mass is 15.2. The lowest BCUT2D eigenvalue weighted by molar-refractivity contribution is 0.0754. The first-order chi connectivity index (χ1) is 19.9. The van der Waals surface area contributed by atoms with Gasteiger partial charge in [-0.2, -0.15) is 0 Å². The summed E-state index contributed by atoms with van der Waals surface area (Å²) in [6.07, 6.45) is 28.7. The number of rotatable bonds is 19. The molecule has 2 fully saturated rings. The predicted molar refractivity (Wildman–Crippen MR) is 191 cm³/mol. The highest BCUT2D eigenvalue weighted by molar-refractivity contribution is 4.96. The number of nitrogens with zero attached hydrogens (tertiary/aromatic N) is 1. The Kier molecular flexibility index (Phi) is 33.5. The van der Waals surface area contributed by atoms with Crippen LogP contribution in [0.15, 0.2) is 25.3 Å². The van der Waals surface area contributed by atoms with Gasteiger partial charge in [-0.3, -0.25) is 0 Å². The number of unbranched alkanes of at least 4 members (excludes halogenated alkanes) is 5. The molecule has 0 aromatic carbocycles. The summed E-state index contributed by atoms with van der Waals surface area (Å²) < 4.78 is 0. The van der Waals surface area contributed by atoms with Crippen LogP contribution in [0, 0.1) is 23.7 Å². The molecular weight excluding hydrogens is 496 g/mol. The van der Waals surface area contributed by atoms with E-state index in [0.29, 0.717) is 0 Å². The maximum absolute atomic E-state index is 3.91. The first kappa shape index (κ1) is 42.5. The van der Waals surface area contributed by atoms with E-state index in [9.17, 15) is 0 Å². The first-order valence-electron chi connectivity index (χ1n) is 18.5. The molecule has 0 aromatic rings. The molecule has 1 aliphatic carbocycles. The van der Waals surface area contributed by atoms with Gasteiger partial charge in [0.1, 0.15) is 0 Å². The summed E-state index contributed by atoms with van der Waals surface area (Å²) in [5.41, 5.74) is 0. The molecule has 0 aromatic heterocycles. The van der Waals surface area contributed by atoms with Crippen molar-refractivity contribution < 1.29 is 0 Å². The number of hydrogen-bond acceptors (Lipinski definition) is 2. The monoisotopic (exact) mass is 577 g/mol. The van der Waals surface area contributed by atoms with Crippen molar-refractivity contribution in [2.75, 3.05) is 26.2 Å². The van der Waals surface area contributed by atoms with E-state index in [4.69, 9.17) is 0 Å².